The van der Waals surface area contributed by atoms with Crippen LogP contribution in [0.2, 0.25) is 5.02 Å². The minimum absolute atomic E-state index is 0.0851. The van der Waals surface area contributed by atoms with Gasteiger partial charge in [-0.05, 0) is 42.5 Å². The summed E-state index contributed by atoms with van der Waals surface area (Å²) in [5, 5.41) is 4.96. The van der Waals surface area contributed by atoms with Crippen LogP contribution in [0, 0.1) is 0 Å². The van der Waals surface area contributed by atoms with Gasteiger partial charge in [0.25, 0.3) is 5.91 Å². The fourth-order valence-corrected chi connectivity index (χ4v) is 5.19. The molecule has 7 heteroatoms. The number of carbonyl (C=O) groups excluding carboxylic acids is 1. The second-order valence-corrected chi connectivity index (χ2v) is 9.08. The molecule has 0 radical (unpaired) electrons. The summed E-state index contributed by atoms with van der Waals surface area (Å²) >= 11 is 6.22. The maximum atomic E-state index is 12.9. The van der Waals surface area contributed by atoms with Crippen molar-refractivity contribution >= 4 is 44.0 Å². The zero-order valence-corrected chi connectivity index (χ0v) is 16.6. The highest BCUT2D eigenvalue weighted by Crippen LogP contribution is 2.28. The van der Waals surface area contributed by atoms with Crippen LogP contribution in [0.3, 0.4) is 0 Å². The topological polar surface area (TPSA) is 66.5 Å². The lowest BCUT2D eigenvalue weighted by atomic mass is 10.1. The molecule has 144 valence electrons. The summed E-state index contributed by atoms with van der Waals surface area (Å²) in [5.74, 6) is -0.445. The molecule has 0 aliphatic carbocycles. The van der Waals surface area contributed by atoms with Gasteiger partial charge in [0.05, 0.1) is 15.5 Å². The van der Waals surface area contributed by atoms with Gasteiger partial charge in [-0.2, -0.15) is 4.31 Å². The third-order valence-electron chi connectivity index (χ3n) is 4.92. The lowest BCUT2D eigenvalue weighted by Crippen LogP contribution is -2.28. The van der Waals surface area contributed by atoms with E-state index in [1.165, 1.54) is 22.5 Å². The van der Waals surface area contributed by atoms with Crippen LogP contribution in [0.15, 0.2) is 65.6 Å². The number of hydrogen-bond acceptors (Lipinski definition) is 3. The molecule has 4 rings (SSSR count). The highest BCUT2D eigenvalue weighted by Gasteiger charge is 2.28. The molecule has 1 N–H and O–H groups in total. The maximum absolute atomic E-state index is 12.9. The minimum atomic E-state index is -3.62. The summed E-state index contributed by atoms with van der Waals surface area (Å²) in [7, 11) is -3.62. The summed E-state index contributed by atoms with van der Waals surface area (Å²) in [6.45, 7) is 1.00. The van der Waals surface area contributed by atoms with Crippen LogP contribution < -0.4 is 5.32 Å². The number of sulfonamides is 1. The van der Waals surface area contributed by atoms with Gasteiger partial charge in [-0.15, -0.1) is 0 Å². The van der Waals surface area contributed by atoms with Crippen LogP contribution >= 0.6 is 11.6 Å². The average molecular weight is 415 g/mol. The van der Waals surface area contributed by atoms with E-state index in [0.29, 0.717) is 18.8 Å². The maximum Gasteiger partial charge on any atom is 0.257 e. The molecule has 3 aromatic carbocycles. The Morgan fingerprint density at radius 2 is 1.68 bits per heavy atom. The van der Waals surface area contributed by atoms with E-state index in [9.17, 15) is 13.2 Å². The van der Waals surface area contributed by atoms with Crippen LogP contribution in [0.5, 0.6) is 0 Å². The predicted octanol–water partition coefficient (Wildman–Crippen LogP) is 4.53. The molecule has 1 saturated heterocycles. The van der Waals surface area contributed by atoms with Crippen LogP contribution in [0.25, 0.3) is 10.8 Å². The zero-order valence-electron chi connectivity index (χ0n) is 15.1. The number of halogens is 1. The molecule has 0 unspecified atom stereocenters. The van der Waals surface area contributed by atoms with Crippen molar-refractivity contribution in [2.45, 2.75) is 17.7 Å². The molecular weight excluding hydrogens is 396 g/mol. The van der Waals surface area contributed by atoms with Crippen LogP contribution in [-0.2, 0) is 10.0 Å². The minimum Gasteiger partial charge on any atom is -0.321 e. The zero-order chi connectivity index (χ0) is 19.7. The molecule has 0 spiro atoms. The number of benzene rings is 3. The number of hydrogen-bond donors (Lipinski definition) is 1. The van der Waals surface area contributed by atoms with Gasteiger partial charge in [0, 0.05) is 24.2 Å². The molecule has 1 heterocycles. The SMILES string of the molecule is O=C(Nc1cccc2ccccc12)c1cc(S(=O)(=O)N2CCCC2)ccc1Cl. The first kappa shape index (κ1) is 18.9. The fourth-order valence-electron chi connectivity index (χ4n) is 3.44. The first-order valence-corrected chi connectivity index (χ1v) is 10.9. The molecule has 1 aliphatic heterocycles. The standard InChI is InChI=1S/C21H19ClN2O3S/c22-19-11-10-16(28(26,27)24-12-3-4-13-24)14-18(19)21(25)23-20-9-5-7-15-6-1-2-8-17(15)20/h1-2,5-11,14H,3-4,12-13H2,(H,23,25). The van der Waals surface area contributed by atoms with Crippen molar-refractivity contribution in [3.8, 4) is 0 Å². The van der Waals surface area contributed by atoms with Crippen molar-refractivity contribution in [1.82, 2.24) is 4.31 Å². The van der Waals surface area contributed by atoms with Crippen molar-refractivity contribution in [2.24, 2.45) is 0 Å². The number of carbonyl (C=O) groups is 1. The Balaban J connectivity index is 1.68. The van der Waals surface area contributed by atoms with E-state index in [2.05, 4.69) is 5.32 Å². The number of fused-ring (bicyclic) bond motifs is 1. The van der Waals surface area contributed by atoms with E-state index in [1.807, 2.05) is 36.4 Å². The third-order valence-corrected chi connectivity index (χ3v) is 7.15. The van der Waals surface area contributed by atoms with Gasteiger partial charge in [-0.3, -0.25) is 4.79 Å². The summed E-state index contributed by atoms with van der Waals surface area (Å²) in [4.78, 5) is 13.0. The molecule has 28 heavy (non-hydrogen) atoms. The van der Waals surface area contributed by atoms with Gasteiger partial charge in [0.1, 0.15) is 0 Å². The van der Waals surface area contributed by atoms with Crippen LogP contribution in [-0.4, -0.2) is 31.7 Å². The highest BCUT2D eigenvalue weighted by molar-refractivity contribution is 7.89. The number of amides is 1. The van der Waals surface area contributed by atoms with Crippen molar-refractivity contribution in [2.75, 3.05) is 18.4 Å². The van der Waals surface area contributed by atoms with Crippen molar-refractivity contribution in [3.05, 3.63) is 71.2 Å². The Labute approximate surface area is 169 Å². The molecule has 0 atom stereocenters. The number of nitrogens with zero attached hydrogens (tertiary/aromatic N) is 1. The average Bonchev–Trinajstić information content (AvgIpc) is 3.24. The highest BCUT2D eigenvalue weighted by atomic mass is 35.5. The molecule has 3 aromatic rings. The summed E-state index contributed by atoms with van der Waals surface area (Å²) in [6, 6.07) is 17.6. The Hall–Kier alpha value is -2.41. The van der Waals surface area contributed by atoms with E-state index in [4.69, 9.17) is 11.6 Å². The fraction of sp³-hybridized carbons (Fsp3) is 0.190. The van der Waals surface area contributed by atoms with Crippen LogP contribution in [0.4, 0.5) is 5.69 Å². The van der Waals surface area contributed by atoms with Gasteiger partial charge in [-0.25, -0.2) is 8.42 Å². The van der Waals surface area contributed by atoms with Crippen molar-refractivity contribution < 1.29 is 13.2 Å². The second-order valence-electron chi connectivity index (χ2n) is 6.73. The molecule has 0 aromatic heterocycles. The molecule has 1 aliphatic rings. The van der Waals surface area contributed by atoms with E-state index in [-0.39, 0.29) is 15.5 Å². The first-order chi connectivity index (χ1) is 13.5. The van der Waals surface area contributed by atoms with E-state index < -0.39 is 15.9 Å². The van der Waals surface area contributed by atoms with Crippen molar-refractivity contribution in [3.63, 3.8) is 0 Å². The third kappa shape index (κ3) is 3.51. The summed E-state index contributed by atoms with van der Waals surface area (Å²) in [6.07, 6.45) is 1.70. The monoisotopic (exact) mass is 414 g/mol. The molecule has 0 saturated carbocycles. The molecule has 1 amide bonds. The lowest BCUT2D eigenvalue weighted by molar-refractivity contribution is 0.102. The first-order valence-electron chi connectivity index (χ1n) is 9.05. The smallest absolute Gasteiger partial charge is 0.257 e. The number of nitrogens with one attached hydrogen (secondary N) is 1. The van der Waals surface area contributed by atoms with Crippen LogP contribution in [0.1, 0.15) is 23.2 Å². The Bertz CT molecular complexity index is 1150. The number of anilines is 1. The Morgan fingerprint density at radius 1 is 0.964 bits per heavy atom. The molecular formula is C21H19ClN2O3S. The quantitative estimate of drug-likeness (QED) is 0.682. The normalized spacial score (nSPS) is 15.0. The molecule has 5 nitrogen and oxygen atoms in total. The van der Waals surface area contributed by atoms with E-state index in [1.54, 1.807) is 6.07 Å². The van der Waals surface area contributed by atoms with Crippen molar-refractivity contribution in [1.29, 1.82) is 0 Å². The lowest BCUT2D eigenvalue weighted by Gasteiger charge is -2.16. The predicted molar refractivity (Wildman–Crippen MR) is 111 cm³/mol. The second kappa shape index (κ2) is 7.54. The van der Waals surface area contributed by atoms with Gasteiger partial charge in [0.15, 0.2) is 0 Å². The largest absolute Gasteiger partial charge is 0.321 e. The van der Waals surface area contributed by atoms with E-state index >= 15 is 0 Å². The van der Waals surface area contributed by atoms with E-state index in [0.717, 1.165) is 23.6 Å². The van der Waals surface area contributed by atoms with Gasteiger partial charge >= 0.3 is 0 Å². The van der Waals surface area contributed by atoms with Gasteiger partial charge < -0.3 is 5.32 Å². The van der Waals surface area contributed by atoms with Gasteiger partial charge in [-0.1, -0.05) is 48.0 Å². The Morgan fingerprint density at radius 3 is 2.46 bits per heavy atom. The summed E-state index contributed by atoms with van der Waals surface area (Å²) in [5.41, 5.74) is 0.779. The Kier molecular flexibility index (Phi) is 5.10. The summed E-state index contributed by atoms with van der Waals surface area (Å²) < 4.78 is 27.1. The number of rotatable bonds is 4. The van der Waals surface area contributed by atoms with Gasteiger partial charge in [0.2, 0.25) is 10.0 Å². The molecule has 1 fully saturated rings. The molecule has 0 bridgehead atoms.